The Balaban J connectivity index is 1.51. The van der Waals surface area contributed by atoms with E-state index in [1.165, 1.54) is 5.56 Å². The fraction of sp³-hybridized carbons (Fsp3) is 0.167. The molecular weight excluding hydrogens is 492 g/mol. The normalized spacial score (nSPS) is 13.4. The third kappa shape index (κ3) is 6.60. The van der Waals surface area contributed by atoms with Gasteiger partial charge in [0.15, 0.2) is 0 Å². The first-order chi connectivity index (χ1) is 19.5. The lowest BCUT2D eigenvalue weighted by molar-refractivity contribution is 0.179. The Hall–Kier alpha value is -4.38. The Morgan fingerprint density at radius 3 is 1.18 bits per heavy atom. The van der Waals surface area contributed by atoms with Gasteiger partial charge in [-0.25, -0.2) is 0 Å². The number of hydrogen-bond acceptors (Lipinski definition) is 4. The standard InChI is InChI=1S/C36H36N2O2/c37-33-18-16-28(23-31(33)35(39)21-26-12-6-2-7-13-26)30(20-25-10-4-1-5-11-25)29-17-19-34(38)32(24-29)36(40)22-27-14-8-3-9-15-27/h1-19,23-24,30,35-36,39-40H,20-22,37-38H2. The van der Waals surface area contributed by atoms with E-state index in [0.29, 0.717) is 24.2 Å². The van der Waals surface area contributed by atoms with Crippen molar-refractivity contribution in [2.75, 3.05) is 11.5 Å². The highest BCUT2D eigenvalue weighted by Crippen LogP contribution is 2.36. The first kappa shape index (κ1) is 27.2. The zero-order chi connectivity index (χ0) is 27.9. The number of aliphatic hydroxyl groups excluding tert-OH is 2. The number of hydrogen-bond donors (Lipinski definition) is 4. The maximum absolute atomic E-state index is 11.2. The van der Waals surface area contributed by atoms with Crippen molar-refractivity contribution >= 4 is 11.4 Å². The zero-order valence-electron chi connectivity index (χ0n) is 22.5. The minimum atomic E-state index is -0.727. The average molecular weight is 529 g/mol. The second-order valence-electron chi connectivity index (χ2n) is 10.4. The van der Waals surface area contributed by atoms with Gasteiger partial charge in [0, 0.05) is 41.3 Å². The number of nitrogen functional groups attached to an aromatic ring is 2. The van der Waals surface area contributed by atoms with Gasteiger partial charge in [-0.3, -0.25) is 0 Å². The van der Waals surface area contributed by atoms with Crippen molar-refractivity contribution < 1.29 is 10.2 Å². The maximum Gasteiger partial charge on any atom is 0.0850 e. The van der Waals surface area contributed by atoms with Gasteiger partial charge in [0.2, 0.25) is 0 Å². The van der Waals surface area contributed by atoms with Gasteiger partial charge in [0.1, 0.15) is 0 Å². The van der Waals surface area contributed by atoms with E-state index in [2.05, 4.69) is 12.1 Å². The lowest BCUT2D eigenvalue weighted by Crippen LogP contribution is -2.12. The molecule has 4 heteroatoms. The van der Waals surface area contributed by atoms with Crippen LogP contribution in [0.15, 0.2) is 127 Å². The molecule has 0 fully saturated rings. The lowest BCUT2D eigenvalue weighted by atomic mass is 9.83. The van der Waals surface area contributed by atoms with Crippen molar-refractivity contribution in [2.24, 2.45) is 0 Å². The number of anilines is 2. The van der Waals surface area contributed by atoms with Crippen LogP contribution in [0.4, 0.5) is 11.4 Å². The molecule has 0 aromatic heterocycles. The Kier molecular flexibility index (Phi) is 8.60. The fourth-order valence-corrected chi connectivity index (χ4v) is 5.37. The van der Waals surface area contributed by atoms with Crippen LogP contribution in [0, 0.1) is 0 Å². The van der Waals surface area contributed by atoms with Crippen LogP contribution >= 0.6 is 0 Å². The molecule has 6 N–H and O–H groups in total. The Bertz CT molecular complexity index is 1420. The summed E-state index contributed by atoms with van der Waals surface area (Å²) in [6.45, 7) is 0. The van der Waals surface area contributed by atoms with Gasteiger partial charge in [-0.15, -0.1) is 0 Å². The van der Waals surface area contributed by atoms with E-state index in [0.717, 1.165) is 39.8 Å². The number of benzene rings is 5. The van der Waals surface area contributed by atoms with Crippen LogP contribution in [0.5, 0.6) is 0 Å². The largest absolute Gasteiger partial charge is 0.398 e. The molecule has 0 aliphatic heterocycles. The van der Waals surface area contributed by atoms with Gasteiger partial charge in [-0.1, -0.05) is 115 Å². The monoisotopic (exact) mass is 528 g/mol. The fourth-order valence-electron chi connectivity index (χ4n) is 5.37. The number of aliphatic hydroxyl groups is 2. The van der Waals surface area contributed by atoms with Crippen LogP contribution in [0.25, 0.3) is 0 Å². The summed E-state index contributed by atoms with van der Waals surface area (Å²) in [4.78, 5) is 0. The third-order valence-electron chi connectivity index (χ3n) is 7.57. The minimum absolute atomic E-state index is 0.0334. The molecule has 0 saturated carbocycles. The topological polar surface area (TPSA) is 92.5 Å². The molecule has 2 unspecified atom stereocenters. The number of nitrogens with two attached hydrogens (primary N) is 2. The molecule has 4 nitrogen and oxygen atoms in total. The Labute approximate surface area is 236 Å². The smallest absolute Gasteiger partial charge is 0.0850 e. The van der Waals surface area contributed by atoms with Crippen LogP contribution in [0.1, 0.15) is 57.1 Å². The van der Waals surface area contributed by atoms with E-state index in [4.69, 9.17) is 11.5 Å². The highest BCUT2D eigenvalue weighted by atomic mass is 16.3. The molecule has 0 spiro atoms. The molecule has 0 bridgehead atoms. The van der Waals surface area contributed by atoms with Crippen molar-refractivity contribution in [1.29, 1.82) is 0 Å². The van der Waals surface area contributed by atoms with E-state index < -0.39 is 12.2 Å². The van der Waals surface area contributed by atoms with Gasteiger partial charge in [-0.2, -0.15) is 0 Å². The highest BCUT2D eigenvalue weighted by Gasteiger charge is 2.22. The molecule has 5 aromatic carbocycles. The van der Waals surface area contributed by atoms with Crippen molar-refractivity contribution in [2.45, 2.75) is 37.4 Å². The summed E-state index contributed by atoms with van der Waals surface area (Å²) in [6.07, 6.45) is 0.256. The van der Waals surface area contributed by atoms with Crippen molar-refractivity contribution in [1.82, 2.24) is 0 Å². The lowest BCUT2D eigenvalue weighted by Gasteiger charge is -2.23. The summed E-state index contributed by atoms with van der Waals surface area (Å²) in [7, 11) is 0. The summed E-state index contributed by atoms with van der Waals surface area (Å²) in [5.74, 6) is -0.0334. The van der Waals surface area contributed by atoms with E-state index in [9.17, 15) is 10.2 Å². The summed E-state index contributed by atoms with van der Waals surface area (Å²) < 4.78 is 0. The van der Waals surface area contributed by atoms with Gasteiger partial charge in [-0.05, 0) is 46.4 Å². The third-order valence-corrected chi connectivity index (χ3v) is 7.57. The molecule has 0 amide bonds. The van der Waals surface area contributed by atoms with Crippen molar-refractivity contribution in [3.05, 3.63) is 166 Å². The van der Waals surface area contributed by atoms with E-state index in [1.54, 1.807) is 0 Å². The van der Waals surface area contributed by atoms with Crippen molar-refractivity contribution in [3.63, 3.8) is 0 Å². The van der Waals surface area contributed by atoms with Crippen LogP contribution in [-0.2, 0) is 19.3 Å². The predicted molar refractivity (Wildman–Crippen MR) is 164 cm³/mol. The van der Waals surface area contributed by atoms with Gasteiger partial charge < -0.3 is 21.7 Å². The van der Waals surface area contributed by atoms with E-state index >= 15 is 0 Å². The molecule has 40 heavy (non-hydrogen) atoms. The molecule has 5 rings (SSSR count). The molecule has 0 heterocycles. The van der Waals surface area contributed by atoms with Crippen LogP contribution in [0.2, 0.25) is 0 Å². The molecule has 0 aliphatic carbocycles. The summed E-state index contributed by atoms with van der Waals surface area (Å²) in [5.41, 5.74) is 20.7. The van der Waals surface area contributed by atoms with Crippen LogP contribution < -0.4 is 11.5 Å². The van der Waals surface area contributed by atoms with E-state index in [1.807, 2.05) is 115 Å². The number of rotatable bonds is 10. The molecule has 0 saturated heterocycles. The molecule has 0 aliphatic rings. The second-order valence-corrected chi connectivity index (χ2v) is 10.4. The van der Waals surface area contributed by atoms with Crippen LogP contribution in [-0.4, -0.2) is 10.2 Å². The van der Waals surface area contributed by atoms with Gasteiger partial charge in [0.05, 0.1) is 12.2 Å². The zero-order valence-corrected chi connectivity index (χ0v) is 22.5. The second kappa shape index (κ2) is 12.6. The Morgan fingerprint density at radius 2 is 0.800 bits per heavy atom. The van der Waals surface area contributed by atoms with E-state index in [-0.39, 0.29) is 5.92 Å². The summed E-state index contributed by atoms with van der Waals surface area (Å²) in [5, 5.41) is 22.4. The van der Waals surface area contributed by atoms with Crippen molar-refractivity contribution in [3.8, 4) is 0 Å². The minimum Gasteiger partial charge on any atom is -0.398 e. The molecule has 5 aromatic rings. The van der Waals surface area contributed by atoms with Crippen LogP contribution in [0.3, 0.4) is 0 Å². The molecule has 0 radical (unpaired) electrons. The summed E-state index contributed by atoms with van der Waals surface area (Å²) >= 11 is 0. The predicted octanol–water partition coefficient (Wildman–Crippen LogP) is 6.78. The first-order valence-electron chi connectivity index (χ1n) is 13.7. The molecular formula is C36H36N2O2. The highest BCUT2D eigenvalue weighted by molar-refractivity contribution is 5.55. The average Bonchev–Trinajstić information content (AvgIpc) is 2.98. The SMILES string of the molecule is Nc1ccc(C(Cc2ccccc2)c2ccc(N)c(C(O)Cc3ccccc3)c2)cc1C(O)Cc1ccccc1. The quantitative estimate of drug-likeness (QED) is 0.150. The Morgan fingerprint density at radius 1 is 0.450 bits per heavy atom. The molecule has 2 atom stereocenters. The molecule has 202 valence electrons. The first-order valence-corrected chi connectivity index (χ1v) is 13.7. The van der Waals surface area contributed by atoms with Gasteiger partial charge >= 0.3 is 0 Å². The maximum atomic E-state index is 11.2. The van der Waals surface area contributed by atoms with Gasteiger partial charge in [0.25, 0.3) is 0 Å². The summed E-state index contributed by atoms with van der Waals surface area (Å²) in [6, 6.07) is 42.2.